The number of piperazine rings is 1. The zero-order chi connectivity index (χ0) is 33.0. The van der Waals surface area contributed by atoms with E-state index in [9.17, 15) is 10.1 Å². The number of halogens is 1. The SMILES string of the molecule is N#Cc1cc(-c2nccc(Nc3ccc(N4CCN(C5COC5)CC4)cc3)n2)ccc1O[C@H]1CCN(C(=O)c2ccncc2N)C[C@H]1F. The van der Waals surface area contributed by atoms with Gasteiger partial charge in [0.25, 0.3) is 5.91 Å². The van der Waals surface area contributed by atoms with Crippen molar-refractivity contribution in [2.24, 2.45) is 0 Å². The number of ether oxygens (including phenoxy) is 2. The van der Waals surface area contributed by atoms with Crippen LogP contribution in [0.3, 0.4) is 0 Å². The summed E-state index contributed by atoms with van der Waals surface area (Å²) in [6, 6.07) is 19.4. The van der Waals surface area contributed by atoms with Gasteiger partial charge in [0.15, 0.2) is 12.0 Å². The maximum absolute atomic E-state index is 15.3. The van der Waals surface area contributed by atoms with E-state index in [1.54, 1.807) is 30.5 Å². The van der Waals surface area contributed by atoms with Crippen molar-refractivity contribution >= 4 is 28.8 Å². The van der Waals surface area contributed by atoms with Crippen LogP contribution >= 0.6 is 0 Å². The van der Waals surface area contributed by atoms with Gasteiger partial charge in [0, 0.05) is 68.5 Å². The Balaban J connectivity index is 0.966. The normalized spacial score (nSPS) is 20.1. The standard InChI is InChI=1S/C35H36FN9O3/c36-29-20-45(35(46)28-7-10-39-19-30(28)38)12-9-32(29)48-31-6-1-23(17-24(31)18-37)34-40-11-8-33(42-34)41-25-2-4-26(5-3-25)43-13-15-44(16-14-43)27-21-47-22-27/h1-8,10-11,17,19,27,29,32H,9,12-16,20-22,38H2,(H,40,41,42)/t29-,32+/m1/s1. The van der Waals surface area contributed by atoms with E-state index in [4.69, 9.17) is 15.2 Å². The number of aromatic nitrogens is 3. The van der Waals surface area contributed by atoms with Crippen molar-refractivity contribution in [3.05, 3.63) is 84.3 Å². The average Bonchev–Trinajstić information content (AvgIpc) is 3.09. The molecule has 48 heavy (non-hydrogen) atoms. The molecule has 0 spiro atoms. The van der Waals surface area contributed by atoms with Gasteiger partial charge in [-0.15, -0.1) is 0 Å². The van der Waals surface area contributed by atoms with Crippen LogP contribution in [-0.2, 0) is 4.74 Å². The maximum Gasteiger partial charge on any atom is 0.256 e. The number of hydrogen-bond donors (Lipinski definition) is 2. The molecule has 1 amide bonds. The minimum absolute atomic E-state index is 0.144. The quantitative estimate of drug-likeness (QED) is 0.287. The summed E-state index contributed by atoms with van der Waals surface area (Å²) in [7, 11) is 0. The Morgan fingerprint density at radius 2 is 1.85 bits per heavy atom. The highest BCUT2D eigenvalue weighted by molar-refractivity contribution is 5.99. The molecule has 0 aliphatic carbocycles. The van der Waals surface area contributed by atoms with E-state index in [-0.39, 0.29) is 42.4 Å². The van der Waals surface area contributed by atoms with Crippen LogP contribution in [0.25, 0.3) is 11.4 Å². The smallest absolute Gasteiger partial charge is 0.256 e. The second-order valence-corrected chi connectivity index (χ2v) is 12.1. The van der Waals surface area contributed by atoms with Crippen LogP contribution in [0.1, 0.15) is 22.3 Å². The number of amides is 1. The zero-order valence-corrected chi connectivity index (χ0v) is 26.3. The van der Waals surface area contributed by atoms with Gasteiger partial charge in [0.2, 0.25) is 0 Å². The monoisotopic (exact) mass is 649 g/mol. The molecule has 246 valence electrons. The molecule has 3 saturated heterocycles. The molecular formula is C35H36FN9O3. The molecule has 3 aliphatic rings. The van der Waals surface area contributed by atoms with Gasteiger partial charge in [-0.25, -0.2) is 14.4 Å². The number of nitrogens with one attached hydrogen (secondary N) is 1. The average molecular weight is 650 g/mol. The Hall–Kier alpha value is -5.32. The van der Waals surface area contributed by atoms with E-state index in [2.05, 4.69) is 48.3 Å². The zero-order valence-electron chi connectivity index (χ0n) is 26.3. The van der Waals surface area contributed by atoms with Gasteiger partial charge in [-0.05, 0) is 54.6 Å². The lowest BCUT2D eigenvalue weighted by atomic mass is 10.0. The molecule has 0 unspecified atom stereocenters. The third-order valence-electron chi connectivity index (χ3n) is 9.10. The number of nitrogens with two attached hydrogens (primary N) is 1. The van der Waals surface area contributed by atoms with Crippen LogP contribution in [-0.4, -0.2) is 101 Å². The summed E-state index contributed by atoms with van der Waals surface area (Å²) in [4.78, 5) is 32.2. The lowest BCUT2D eigenvalue weighted by Gasteiger charge is -2.43. The first-order chi connectivity index (χ1) is 23.4. The number of rotatable bonds is 8. The van der Waals surface area contributed by atoms with Crippen LogP contribution in [0.4, 0.5) is 27.3 Å². The molecule has 3 aliphatic heterocycles. The largest absolute Gasteiger partial charge is 0.486 e. The van der Waals surface area contributed by atoms with E-state index in [1.807, 2.05) is 12.1 Å². The number of piperidine rings is 1. The molecule has 4 aromatic rings. The van der Waals surface area contributed by atoms with E-state index in [0.717, 1.165) is 45.1 Å². The molecule has 12 nitrogen and oxygen atoms in total. The number of benzene rings is 2. The molecule has 3 fully saturated rings. The van der Waals surface area contributed by atoms with Crippen molar-refractivity contribution in [3.8, 4) is 23.2 Å². The lowest BCUT2D eigenvalue weighted by molar-refractivity contribution is -0.0660. The van der Waals surface area contributed by atoms with Crippen LogP contribution in [0.5, 0.6) is 5.75 Å². The fourth-order valence-corrected chi connectivity index (χ4v) is 6.24. The molecule has 13 heteroatoms. The predicted octanol–water partition coefficient (Wildman–Crippen LogP) is 3.89. The summed E-state index contributed by atoms with van der Waals surface area (Å²) in [5.74, 6) is 0.953. The van der Waals surface area contributed by atoms with Crippen molar-refractivity contribution in [3.63, 3.8) is 0 Å². The summed E-state index contributed by atoms with van der Waals surface area (Å²) in [5, 5.41) is 13.3. The van der Waals surface area contributed by atoms with E-state index in [1.165, 1.54) is 29.0 Å². The van der Waals surface area contributed by atoms with Crippen molar-refractivity contribution in [2.45, 2.75) is 24.7 Å². The highest BCUT2D eigenvalue weighted by Gasteiger charge is 2.34. The van der Waals surface area contributed by atoms with Crippen LogP contribution in [0.15, 0.2) is 73.2 Å². The lowest BCUT2D eigenvalue weighted by Crippen LogP contribution is -2.56. The Labute approximate surface area is 277 Å². The van der Waals surface area contributed by atoms with Crippen LogP contribution < -0.4 is 20.7 Å². The second kappa shape index (κ2) is 13.8. The summed E-state index contributed by atoms with van der Waals surface area (Å²) in [6.45, 7) is 5.91. The predicted molar refractivity (Wildman–Crippen MR) is 179 cm³/mol. The van der Waals surface area contributed by atoms with E-state index >= 15 is 4.39 Å². The number of nitrogen functional groups attached to an aromatic ring is 1. The number of carbonyl (C=O) groups excluding carboxylic acids is 1. The minimum Gasteiger partial charge on any atom is -0.486 e. The molecular weight excluding hydrogens is 613 g/mol. The van der Waals surface area contributed by atoms with Crippen molar-refractivity contribution in [1.29, 1.82) is 5.26 Å². The number of nitrogens with zero attached hydrogens (tertiary/aromatic N) is 7. The number of hydrogen-bond acceptors (Lipinski definition) is 11. The van der Waals surface area contributed by atoms with Gasteiger partial charge in [0.1, 0.15) is 23.7 Å². The summed E-state index contributed by atoms with van der Waals surface area (Å²) >= 11 is 0. The van der Waals surface area contributed by atoms with Crippen molar-refractivity contribution < 1.29 is 18.7 Å². The molecule has 5 heterocycles. The summed E-state index contributed by atoms with van der Waals surface area (Å²) in [5.41, 5.74) is 9.37. The first-order valence-electron chi connectivity index (χ1n) is 16.1. The number of anilines is 4. The van der Waals surface area contributed by atoms with Gasteiger partial charge >= 0.3 is 0 Å². The fraction of sp³-hybridized carbons (Fsp3) is 0.343. The Morgan fingerprint density at radius 3 is 2.56 bits per heavy atom. The Bertz CT molecular complexity index is 1810. The topological polar surface area (TPSA) is 146 Å². The highest BCUT2D eigenvalue weighted by Crippen LogP contribution is 2.30. The molecule has 7 rings (SSSR count). The molecule has 2 aromatic heterocycles. The third kappa shape index (κ3) is 6.71. The molecule has 0 saturated carbocycles. The van der Waals surface area contributed by atoms with E-state index in [0.29, 0.717) is 28.8 Å². The molecule has 2 atom stereocenters. The van der Waals surface area contributed by atoms with Gasteiger partial charge in [-0.3, -0.25) is 14.7 Å². The van der Waals surface area contributed by atoms with E-state index < -0.39 is 12.3 Å². The summed E-state index contributed by atoms with van der Waals surface area (Å²) < 4.78 is 26.6. The van der Waals surface area contributed by atoms with Gasteiger partial charge in [-0.2, -0.15) is 5.26 Å². The van der Waals surface area contributed by atoms with Crippen molar-refractivity contribution in [1.82, 2.24) is 24.8 Å². The van der Waals surface area contributed by atoms with Gasteiger partial charge < -0.3 is 30.3 Å². The van der Waals surface area contributed by atoms with Crippen molar-refractivity contribution in [2.75, 3.05) is 68.4 Å². The molecule has 2 aromatic carbocycles. The maximum atomic E-state index is 15.3. The summed E-state index contributed by atoms with van der Waals surface area (Å²) in [6.07, 6.45) is 2.53. The van der Waals surface area contributed by atoms with Gasteiger partial charge in [-0.1, -0.05) is 0 Å². The number of carbonyl (C=O) groups is 1. The minimum atomic E-state index is -1.45. The van der Waals surface area contributed by atoms with Gasteiger partial charge in [0.05, 0.1) is 48.8 Å². The molecule has 0 radical (unpaired) electrons. The Morgan fingerprint density at radius 1 is 1.04 bits per heavy atom. The Kier molecular flexibility index (Phi) is 9.00. The first kappa shape index (κ1) is 31.3. The number of alkyl halides is 1. The van der Waals surface area contributed by atoms with Crippen LogP contribution in [0, 0.1) is 11.3 Å². The van der Waals surface area contributed by atoms with Crippen LogP contribution in [0.2, 0.25) is 0 Å². The molecule has 0 bridgehead atoms. The fourth-order valence-electron chi connectivity index (χ4n) is 6.24. The third-order valence-corrected chi connectivity index (χ3v) is 9.10. The number of likely N-dealkylation sites (tertiary alicyclic amines) is 1. The number of pyridine rings is 1. The highest BCUT2D eigenvalue weighted by atomic mass is 19.1. The second-order valence-electron chi connectivity index (χ2n) is 12.1. The number of nitriles is 1. The molecule has 3 N–H and O–H groups in total. The first-order valence-corrected chi connectivity index (χ1v) is 16.1.